The maximum absolute atomic E-state index is 4.97. The predicted molar refractivity (Wildman–Crippen MR) is 176 cm³/mol. The van der Waals surface area contributed by atoms with Crippen LogP contribution in [0.2, 0.25) is 0 Å². The van der Waals surface area contributed by atoms with Crippen molar-refractivity contribution in [1.29, 1.82) is 0 Å². The highest BCUT2D eigenvalue weighted by Crippen LogP contribution is 2.43. The second kappa shape index (κ2) is 8.51. The minimum Gasteiger partial charge on any atom is -0.275 e. The van der Waals surface area contributed by atoms with Gasteiger partial charge in [0.05, 0.1) is 0 Å². The molecule has 0 fully saturated rings. The maximum atomic E-state index is 4.97. The number of hydrogen-bond acceptors (Lipinski definition) is 2. The van der Waals surface area contributed by atoms with Crippen LogP contribution < -0.4 is 0 Å². The first-order valence-corrected chi connectivity index (χ1v) is 14.3. The molecule has 0 N–H and O–H groups in total. The summed E-state index contributed by atoms with van der Waals surface area (Å²) in [6.07, 6.45) is 4.21. The van der Waals surface area contributed by atoms with Gasteiger partial charge >= 0.3 is 0 Å². The molecule has 0 atom stereocenters. The van der Waals surface area contributed by atoms with E-state index in [1.807, 2.05) is 23.5 Å². The minimum atomic E-state index is 1.04. The molecule has 7 aromatic carbocycles. The van der Waals surface area contributed by atoms with E-state index in [-0.39, 0.29) is 0 Å². The Morgan fingerprint density at radius 2 is 0.857 bits per heavy atom. The Bertz CT molecular complexity index is 2340. The topological polar surface area (TPSA) is 35.6 Å². The second-order valence-corrected chi connectivity index (χ2v) is 11.3. The van der Waals surface area contributed by atoms with Crippen molar-refractivity contribution < 1.29 is 0 Å². The smallest absolute Gasteiger partial charge is 0.101 e. The summed E-state index contributed by atoms with van der Waals surface area (Å²) < 4.78 is 3.84. The Morgan fingerprint density at radius 3 is 1.29 bits per heavy atom. The summed E-state index contributed by atoms with van der Waals surface area (Å²) in [7, 11) is 4.00. The highest BCUT2D eigenvalue weighted by molar-refractivity contribution is 6.29. The van der Waals surface area contributed by atoms with E-state index in [4.69, 9.17) is 10.2 Å². The third-order valence-electron chi connectivity index (χ3n) is 8.70. The Labute approximate surface area is 242 Å². The van der Waals surface area contributed by atoms with Crippen molar-refractivity contribution in [1.82, 2.24) is 19.6 Å². The lowest BCUT2D eigenvalue weighted by Gasteiger charge is -2.16. The second-order valence-electron chi connectivity index (χ2n) is 11.3. The Kier molecular flexibility index (Phi) is 4.71. The standard InChI is InChI=1S/C38H26N4/c1-41-21-25-13-15-29-31(23-9-5-3-6-10-23)17-27-20-34-28(19-33(27)35(29)37(25)39-41)18-32(24-11-7-4-8-12-24)30-16-14-26-22-42(2)40-38(26)36(30)34/h3-22H,1-2H3. The zero-order valence-electron chi connectivity index (χ0n) is 23.3. The lowest BCUT2D eigenvalue weighted by molar-refractivity contribution is 0.780. The number of hydrogen-bond donors (Lipinski definition) is 0. The molecule has 0 aliphatic rings. The molecule has 4 heteroatoms. The third kappa shape index (κ3) is 3.29. The van der Waals surface area contributed by atoms with Gasteiger partial charge in [-0.15, -0.1) is 0 Å². The summed E-state index contributed by atoms with van der Waals surface area (Å²) in [5.74, 6) is 0. The van der Waals surface area contributed by atoms with Crippen LogP contribution in [0.3, 0.4) is 0 Å². The number of rotatable bonds is 2. The molecular formula is C38H26N4. The summed E-state index contributed by atoms with van der Waals surface area (Å²) >= 11 is 0. The molecule has 4 nitrogen and oxygen atoms in total. The van der Waals surface area contributed by atoms with Gasteiger partial charge in [0.1, 0.15) is 11.0 Å². The molecule has 198 valence electrons. The number of aromatic nitrogens is 4. The summed E-state index contributed by atoms with van der Waals surface area (Å²) in [5, 5.41) is 21.9. The highest BCUT2D eigenvalue weighted by Gasteiger charge is 2.18. The van der Waals surface area contributed by atoms with Gasteiger partial charge in [-0.25, -0.2) is 0 Å². The molecule has 0 radical (unpaired) electrons. The van der Waals surface area contributed by atoms with Crippen LogP contribution in [-0.4, -0.2) is 19.6 Å². The van der Waals surface area contributed by atoms with Crippen molar-refractivity contribution in [2.24, 2.45) is 14.1 Å². The third-order valence-corrected chi connectivity index (χ3v) is 8.70. The van der Waals surface area contributed by atoms with Crippen molar-refractivity contribution in [3.63, 3.8) is 0 Å². The van der Waals surface area contributed by atoms with E-state index in [9.17, 15) is 0 Å². The van der Waals surface area contributed by atoms with E-state index in [1.54, 1.807) is 0 Å². The number of benzene rings is 7. The molecule has 0 aliphatic heterocycles. The molecule has 0 saturated heterocycles. The molecule has 0 amide bonds. The SMILES string of the molecule is Cn1cc2ccc3c(-c4ccccc4)cc4cc5c(cc(-c6ccccc6)c6ccc7cn(C)nc7c65)cc4c3c2n1. The van der Waals surface area contributed by atoms with Crippen LogP contribution >= 0.6 is 0 Å². The van der Waals surface area contributed by atoms with E-state index < -0.39 is 0 Å². The van der Waals surface area contributed by atoms with Gasteiger partial charge in [-0.3, -0.25) is 9.36 Å². The van der Waals surface area contributed by atoms with Gasteiger partial charge in [-0.1, -0.05) is 84.9 Å². The molecule has 0 aliphatic carbocycles. The normalized spacial score (nSPS) is 12.0. The van der Waals surface area contributed by atoms with Crippen LogP contribution in [0.15, 0.2) is 122 Å². The van der Waals surface area contributed by atoms with Crippen molar-refractivity contribution in [2.75, 3.05) is 0 Å². The van der Waals surface area contributed by atoms with E-state index in [1.165, 1.54) is 65.3 Å². The molecule has 0 unspecified atom stereocenters. The van der Waals surface area contributed by atoms with Crippen LogP contribution in [0.4, 0.5) is 0 Å². The summed E-state index contributed by atoms with van der Waals surface area (Å²) in [5.41, 5.74) is 6.92. The molecule has 0 bridgehead atoms. The molecule has 2 aromatic heterocycles. The molecule has 9 rings (SSSR count). The van der Waals surface area contributed by atoms with E-state index in [0.29, 0.717) is 0 Å². The zero-order valence-corrected chi connectivity index (χ0v) is 23.3. The monoisotopic (exact) mass is 538 g/mol. The van der Waals surface area contributed by atoms with Crippen molar-refractivity contribution in [3.05, 3.63) is 122 Å². The molecule has 0 spiro atoms. The van der Waals surface area contributed by atoms with Gasteiger partial charge in [0.25, 0.3) is 0 Å². The largest absolute Gasteiger partial charge is 0.275 e. The highest BCUT2D eigenvalue weighted by atomic mass is 15.2. The first-order chi connectivity index (χ1) is 20.6. The van der Waals surface area contributed by atoms with E-state index in [2.05, 4.69) is 122 Å². The first-order valence-electron chi connectivity index (χ1n) is 14.3. The van der Waals surface area contributed by atoms with E-state index >= 15 is 0 Å². The molecular weight excluding hydrogens is 512 g/mol. The quantitative estimate of drug-likeness (QED) is 0.162. The summed E-state index contributed by atoms with van der Waals surface area (Å²) in [6.45, 7) is 0. The zero-order chi connectivity index (χ0) is 27.9. The van der Waals surface area contributed by atoms with Crippen LogP contribution in [0.25, 0.3) is 87.1 Å². The first kappa shape index (κ1) is 23.2. The van der Waals surface area contributed by atoms with Crippen molar-refractivity contribution in [3.8, 4) is 22.3 Å². The Morgan fingerprint density at radius 1 is 0.429 bits per heavy atom. The van der Waals surface area contributed by atoms with Gasteiger partial charge < -0.3 is 0 Å². The van der Waals surface area contributed by atoms with Crippen LogP contribution in [-0.2, 0) is 14.1 Å². The van der Waals surface area contributed by atoms with E-state index in [0.717, 1.165) is 21.8 Å². The maximum Gasteiger partial charge on any atom is 0.101 e. The lowest BCUT2D eigenvalue weighted by Crippen LogP contribution is -1.91. The van der Waals surface area contributed by atoms with Crippen LogP contribution in [0.1, 0.15) is 0 Å². The number of aryl methyl sites for hydroxylation is 2. The van der Waals surface area contributed by atoms with Crippen molar-refractivity contribution in [2.45, 2.75) is 0 Å². The average Bonchev–Trinajstić information content (AvgIpc) is 3.60. The van der Waals surface area contributed by atoms with Gasteiger partial charge in [0.15, 0.2) is 0 Å². The predicted octanol–water partition coefficient (Wildman–Crippen LogP) is 9.41. The summed E-state index contributed by atoms with van der Waals surface area (Å²) in [6, 6.07) is 39.8. The lowest BCUT2D eigenvalue weighted by atomic mass is 9.88. The fraction of sp³-hybridized carbons (Fsp3) is 0.0526. The van der Waals surface area contributed by atoms with Crippen molar-refractivity contribution >= 4 is 64.9 Å². The van der Waals surface area contributed by atoms with Crippen LogP contribution in [0.5, 0.6) is 0 Å². The molecule has 42 heavy (non-hydrogen) atoms. The Balaban J connectivity index is 1.52. The molecule has 9 aromatic rings. The Hall–Kier alpha value is -5.48. The minimum absolute atomic E-state index is 1.04. The van der Waals surface area contributed by atoms with Crippen LogP contribution in [0, 0.1) is 0 Å². The van der Waals surface area contributed by atoms with Gasteiger partial charge in [0, 0.05) is 48.0 Å². The fourth-order valence-corrected chi connectivity index (χ4v) is 6.89. The number of nitrogens with zero attached hydrogens (tertiary/aromatic N) is 4. The summed E-state index contributed by atoms with van der Waals surface area (Å²) in [4.78, 5) is 0. The van der Waals surface area contributed by atoms with Gasteiger partial charge in [-0.2, -0.15) is 10.2 Å². The fourth-order valence-electron chi connectivity index (χ4n) is 6.89. The average molecular weight is 539 g/mol. The molecule has 0 saturated carbocycles. The van der Waals surface area contributed by atoms with Gasteiger partial charge in [-0.05, 0) is 78.8 Å². The molecule has 2 heterocycles. The number of fused-ring (bicyclic) bond motifs is 10. The van der Waals surface area contributed by atoms with Gasteiger partial charge in [0.2, 0.25) is 0 Å².